The van der Waals surface area contributed by atoms with Crippen molar-refractivity contribution < 1.29 is 9.84 Å². The molecule has 1 aliphatic heterocycles. The highest BCUT2D eigenvalue weighted by molar-refractivity contribution is 4.78. The average Bonchev–Trinajstić information content (AvgIpc) is 2.34. The normalized spacial score (nSPS) is 36.3. The average molecular weight is 145 g/mol. The maximum absolute atomic E-state index is 8.70. The van der Waals surface area contributed by atoms with Crippen LogP contribution in [-0.2, 0) is 4.74 Å². The Morgan fingerprint density at radius 2 is 2.40 bits per heavy atom. The Kier molecular flexibility index (Phi) is 2.65. The number of hydrogen-bond donors (Lipinski definition) is 2. The molecule has 10 heavy (non-hydrogen) atoms. The minimum Gasteiger partial charge on any atom is -0.394 e. The number of hydrogen-bond acceptors (Lipinski definition) is 3. The molecule has 0 unspecified atom stereocenters. The molecule has 0 spiro atoms. The van der Waals surface area contributed by atoms with E-state index in [2.05, 4.69) is 0 Å². The Balaban J connectivity index is 2.28. The predicted octanol–water partition coefficient (Wildman–Crippen LogP) is -0.127. The molecule has 0 amide bonds. The van der Waals surface area contributed by atoms with Crippen molar-refractivity contribution in [3.63, 3.8) is 0 Å². The van der Waals surface area contributed by atoms with Gasteiger partial charge in [0.2, 0.25) is 0 Å². The van der Waals surface area contributed by atoms with Crippen LogP contribution in [0.3, 0.4) is 0 Å². The lowest BCUT2D eigenvalue weighted by Gasteiger charge is -2.14. The summed E-state index contributed by atoms with van der Waals surface area (Å²) in [4.78, 5) is 0. The molecular weight excluding hydrogens is 130 g/mol. The van der Waals surface area contributed by atoms with E-state index in [0.717, 1.165) is 12.8 Å². The number of nitrogens with two attached hydrogens (primary N) is 1. The minimum atomic E-state index is 0.0380. The second-order valence-electron chi connectivity index (χ2n) is 2.92. The van der Waals surface area contributed by atoms with Crippen molar-refractivity contribution in [2.75, 3.05) is 6.61 Å². The maximum atomic E-state index is 8.70. The summed E-state index contributed by atoms with van der Waals surface area (Å²) < 4.78 is 5.40. The second-order valence-corrected chi connectivity index (χ2v) is 2.92. The fraction of sp³-hybridized carbons (Fsp3) is 1.00. The Morgan fingerprint density at radius 1 is 1.70 bits per heavy atom. The third-order valence-corrected chi connectivity index (χ3v) is 1.93. The molecule has 0 aromatic heterocycles. The smallest absolute Gasteiger partial charge is 0.0811 e. The zero-order chi connectivity index (χ0) is 7.56. The first-order chi connectivity index (χ1) is 4.74. The van der Waals surface area contributed by atoms with Crippen molar-refractivity contribution in [1.82, 2.24) is 0 Å². The van der Waals surface area contributed by atoms with Gasteiger partial charge in [-0.3, -0.25) is 0 Å². The molecule has 1 fully saturated rings. The number of aliphatic hydroxyl groups is 1. The first-order valence-electron chi connectivity index (χ1n) is 3.76. The van der Waals surface area contributed by atoms with Crippen molar-refractivity contribution in [1.29, 1.82) is 0 Å². The molecule has 1 rings (SSSR count). The van der Waals surface area contributed by atoms with E-state index in [1.54, 1.807) is 0 Å². The van der Waals surface area contributed by atoms with Crippen LogP contribution in [0, 0.1) is 0 Å². The van der Waals surface area contributed by atoms with Crippen LogP contribution in [0.2, 0.25) is 0 Å². The van der Waals surface area contributed by atoms with Crippen LogP contribution >= 0.6 is 0 Å². The van der Waals surface area contributed by atoms with Gasteiger partial charge in [0, 0.05) is 6.04 Å². The zero-order valence-corrected chi connectivity index (χ0v) is 6.29. The van der Waals surface area contributed by atoms with E-state index in [4.69, 9.17) is 15.6 Å². The zero-order valence-electron chi connectivity index (χ0n) is 6.29. The van der Waals surface area contributed by atoms with Gasteiger partial charge < -0.3 is 15.6 Å². The van der Waals surface area contributed by atoms with E-state index in [1.807, 2.05) is 6.92 Å². The maximum Gasteiger partial charge on any atom is 0.0811 e. The van der Waals surface area contributed by atoms with Crippen LogP contribution in [0.15, 0.2) is 0 Å². The summed E-state index contributed by atoms with van der Waals surface area (Å²) in [5.74, 6) is 0. The van der Waals surface area contributed by atoms with E-state index in [9.17, 15) is 0 Å². The van der Waals surface area contributed by atoms with Gasteiger partial charge in [-0.05, 0) is 19.8 Å². The van der Waals surface area contributed by atoms with Crippen LogP contribution in [-0.4, -0.2) is 30.0 Å². The molecule has 0 aromatic rings. The molecule has 0 aliphatic carbocycles. The summed E-state index contributed by atoms with van der Waals surface area (Å²) in [7, 11) is 0. The van der Waals surface area contributed by atoms with E-state index in [0.29, 0.717) is 0 Å². The fourth-order valence-corrected chi connectivity index (χ4v) is 1.25. The topological polar surface area (TPSA) is 55.5 Å². The molecule has 0 bridgehead atoms. The molecule has 3 heteroatoms. The van der Waals surface area contributed by atoms with E-state index >= 15 is 0 Å². The molecule has 1 saturated heterocycles. The van der Waals surface area contributed by atoms with Gasteiger partial charge in [0.15, 0.2) is 0 Å². The van der Waals surface area contributed by atoms with Crippen molar-refractivity contribution in [3.05, 3.63) is 0 Å². The Hall–Kier alpha value is -0.120. The number of rotatable bonds is 2. The van der Waals surface area contributed by atoms with E-state index < -0.39 is 0 Å². The molecule has 1 aliphatic rings. The summed E-state index contributed by atoms with van der Waals surface area (Å²) in [6.07, 6.45) is 2.14. The molecule has 0 radical (unpaired) electrons. The second kappa shape index (κ2) is 3.32. The molecular formula is C7H15NO2. The van der Waals surface area contributed by atoms with Gasteiger partial charge in [-0.25, -0.2) is 0 Å². The Morgan fingerprint density at radius 3 is 2.70 bits per heavy atom. The highest BCUT2D eigenvalue weighted by atomic mass is 16.5. The van der Waals surface area contributed by atoms with Gasteiger partial charge in [0.1, 0.15) is 0 Å². The fourth-order valence-electron chi connectivity index (χ4n) is 1.25. The van der Waals surface area contributed by atoms with Gasteiger partial charge >= 0.3 is 0 Å². The van der Waals surface area contributed by atoms with Crippen LogP contribution in [0.25, 0.3) is 0 Å². The molecule has 1 heterocycles. The molecule has 60 valence electrons. The van der Waals surface area contributed by atoms with Crippen molar-refractivity contribution in [2.24, 2.45) is 5.73 Å². The van der Waals surface area contributed by atoms with Crippen molar-refractivity contribution >= 4 is 0 Å². The van der Waals surface area contributed by atoms with Crippen molar-refractivity contribution in [2.45, 2.75) is 38.0 Å². The van der Waals surface area contributed by atoms with Gasteiger partial charge in [-0.2, -0.15) is 0 Å². The van der Waals surface area contributed by atoms with Crippen LogP contribution < -0.4 is 5.73 Å². The first kappa shape index (κ1) is 7.98. The van der Waals surface area contributed by atoms with Gasteiger partial charge in [0.25, 0.3) is 0 Å². The lowest BCUT2D eigenvalue weighted by molar-refractivity contribution is 0.00366. The van der Waals surface area contributed by atoms with Crippen LogP contribution in [0.5, 0.6) is 0 Å². The van der Waals surface area contributed by atoms with E-state index in [-0.39, 0.29) is 24.9 Å². The monoisotopic (exact) mass is 145 g/mol. The first-order valence-corrected chi connectivity index (χ1v) is 3.76. The van der Waals surface area contributed by atoms with E-state index in [1.165, 1.54) is 0 Å². The summed E-state index contributed by atoms with van der Waals surface area (Å²) in [5.41, 5.74) is 5.61. The molecule has 0 saturated carbocycles. The summed E-state index contributed by atoms with van der Waals surface area (Å²) >= 11 is 0. The summed E-state index contributed by atoms with van der Waals surface area (Å²) in [6, 6.07) is 0.0940. The highest BCUT2D eigenvalue weighted by Gasteiger charge is 2.26. The van der Waals surface area contributed by atoms with Gasteiger partial charge in [0.05, 0.1) is 18.8 Å². The lowest BCUT2D eigenvalue weighted by Crippen LogP contribution is -2.32. The third-order valence-electron chi connectivity index (χ3n) is 1.93. The summed E-state index contributed by atoms with van der Waals surface area (Å²) in [6.45, 7) is 2.06. The Labute approximate surface area is 61.2 Å². The van der Waals surface area contributed by atoms with Gasteiger partial charge in [-0.1, -0.05) is 0 Å². The molecule has 0 aromatic carbocycles. The Bertz CT molecular complexity index is 106. The minimum absolute atomic E-state index is 0.0380. The standard InChI is InChI=1S/C7H15NO2/c1-5(8)7-3-2-6(4-9)10-7/h5-7,9H,2-4,8H2,1H3/t5-,6-,7-/m0/s1. The third kappa shape index (κ3) is 1.68. The highest BCUT2D eigenvalue weighted by Crippen LogP contribution is 2.20. The summed E-state index contributed by atoms with van der Waals surface area (Å²) in [5, 5.41) is 8.70. The van der Waals surface area contributed by atoms with Crippen molar-refractivity contribution in [3.8, 4) is 0 Å². The molecule has 3 atom stereocenters. The molecule has 3 N–H and O–H groups in total. The lowest BCUT2D eigenvalue weighted by atomic mass is 10.1. The SMILES string of the molecule is C[C@H](N)[C@@H]1CC[C@@H](CO)O1. The largest absolute Gasteiger partial charge is 0.394 e. The number of aliphatic hydroxyl groups excluding tert-OH is 1. The predicted molar refractivity (Wildman–Crippen MR) is 38.6 cm³/mol. The van der Waals surface area contributed by atoms with Gasteiger partial charge in [-0.15, -0.1) is 0 Å². The quantitative estimate of drug-likeness (QED) is 0.569. The van der Waals surface area contributed by atoms with Crippen LogP contribution in [0.1, 0.15) is 19.8 Å². The van der Waals surface area contributed by atoms with Crippen LogP contribution in [0.4, 0.5) is 0 Å². The number of ether oxygens (including phenoxy) is 1. The molecule has 3 nitrogen and oxygen atoms in total.